The number of nitrogen functional groups attached to an aromatic ring is 1. The van der Waals surface area contributed by atoms with Crippen LogP contribution in [-0.2, 0) is 59.9 Å². The van der Waals surface area contributed by atoms with E-state index >= 15 is 0 Å². The summed E-state index contributed by atoms with van der Waals surface area (Å²) in [4.78, 5) is 16.0. The normalized spacial score (nSPS) is 13.0. The highest BCUT2D eigenvalue weighted by atomic mass is 32.2. The van der Waals surface area contributed by atoms with Crippen LogP contribution in [0.2, 0.25) is 0 Å². The summed E-state index contributed by atoms with van der Waals surface area (Å²) in [5.41, 5.74) is -1.46. The lowest BCUT2D eigenvalue weighted by molar-refractivity contribution is -0.432. The number of aromatic hydroxyl groups is 2. The monoisotopic (exact) mass is 1120 g/mol. The van der Waals surface area contributed by atoms with Crippen molar-refractivity contribution in [3.63, 3.8) is 0 Å². The number of aromatic carboxylic acids is 1. The van der Waals surface area contributed by atoms with Gasteiger partial charge in [0.2, 0.25) is 10.0 Å². The number of fused-ring (bicyclic) bond motifs is 2. The molecule has 0 amide bonds. The van der Waals surface area contributed by atoms with Crippen LogP contribution in [-0.4, -0.2) is 98.8 Å². The third-order valence-corrected chi connectivity index (χ3v) is 15.1. The predicted octanol–water partition coefficient (Wildman–Crippen LogP) is 6.16. The number of non-ortho nitro benzene ring substituents is 1. The number of carbonyl (C=O) groups is 1. The van der Waals surface area contributed by atoms with Gasteiger partial charge in [-0.25, -0.2) is 23.2 Å². The van der Waals surface area contributed by atoms with Crippen LogP contribution < -0.4 is 10.5 Å². The average molecular weight is 1120 g/mol. The molecule has 0 atom stereocenters. The van der Waals surface area contributed by atoms with E-state index in [1.807, 2.05) is 4.72 Å². The number of nitro benzene ring substituents is 1. The van der Waals surface area contributed by atoms with Crippen LogP contribution in [0.3, 0.4) is 0 Å². The molecule has 11 N–H and O–H groups in total. The largest absolute Gasteiger partial charge is 0.505 e. The third-order valence-electron chi connectivity index (χ3n) is 9.44. The molecule has 32 nitrogen and oxygen atoms in total. The number of phenolic OH excluding ortho intramolecular Hbond substituents is 2. The van der Waals surface area contributed by atoms with E-state index in [-0.39, 0.29) is 12.0 Å². The second kappa shape index (κ2) is 19.7. The summed E-state index contributed by atoms with van der Waals surface area (Å²) >= 11 is -0.0284. The molecular formula is C34H25N9O23S6. The van der Waals surface area contributed by atoms with E-state index in [1.165, 1.54) is 0 Å². The lowest BCUT2D eigenvalue weighted by atomic mass is 10.0. The number of nitrogens with one attached hydrogen (secondary N) is 1. The minimum absolute atomic E-state index is 0.0284. The van der Waals surface area contributed by atoms with Gasteiger partial charge in [0.1, 0.15) is 53.7 Å². The Balaban J connectivity index is 1.58. The number of nitro groups is 1. The number of hydrogen-bond acceptors (Lipinski definition) is 26. The van der Waals surface area contributed by atoms with Crippen molar-refractivity contribution in [2.45, 2.75) is 29.4 Å². The summed E-state index contributed by atoms with van der Waals surface area (Å²) in [5.74, 6) is -4.27. The molecule has 0 aliphatic carbocycles. The number of carboxylic acids is 1. The van der Waals surface area contributed by atoms with Crippen molar-refractivity contribution in [1.82, 2.24) is 4.72 Å². The molecule has 6 rings (SSSR count). The quantitative estimate of drug-likeness (QED) is 0.00929. The lowest BCUT2D eigenvalue weighted by Gasteiger charge is -2.15. The van der Waals surface area contributed by atoms with Crippen LogP contribution in [0.4, 0.5) is 45.5 Å². The van der Waals surface area contributed by atoms with E-state index in [0.29, 0.717) is 36.4 Å². The molecule has 0 aromatic heterocycles. The van der Waals surface area contributed by atoms with Crippen molar-refractivity contribution in [1.29, 1.82) is 0 Å². The van der Waals surface area contributed by atoms with Gasteiger partial charge in [0, 0.05) is 28.3 Å². The Hall–Kier alpha value is -7.31. The van der Waals surface area contributed by atoms with Gasteiger partial charge in [0.15, 0.2) is 11.5 Å². The Morgan fingerprint density at radius 2 is 1.22 bits per heavy atom. The number of sulfonamides is 1. The van der Waals surface area contributed by atoms with E-state index in [2.05, 4.69) is 40.1 Å². The number of nitrogens with zero attached hydrogens (tertiary/aromatic N) is 7. The summed E-state index contributed by atoms with van der Waals surface area (Å²) in [5, 5.41) is 74.8. The Bertz CT molecular complexity index is 4020. The highest BCUT2D eigenvalue weighted by molar-refractivity contribution is 7.94. The van der Waals surface area contributed by atoms with Gasteiger partial charge in [-0.05, 0) is 61.6 Å². The molecule has 72 heavy (non-hydrogen) atoms. The summed E-state index contributed by atoms with van der Waals surface area (Å²) in [7, 11) is -25.2. The fourth-order valence-electron chi connectivity index (χ4n) is 6.32. The highest BCUT2D eigenvalue weighted by Gasteiger charge is 2.30. The number of benzene rings is 6. The topological polar surface area (TPSA) is 523 Å². The van der Waals surface area contributed by atoms with E-state index in [0.717, 1.165) is 37.4 Å². The zero-order valence-electron chi connectivity index (χ0n) is 34.7. The molecule has 0 heterocycles. The lowest BCUT2D eigenvalue weighted by Crippen LogP contribution is -2.19. The van der Waals surface area contributed by atoms with Gasteiger partial charge in [0.05, 0.1) is 43.4 Å². The molecule has 0 saturated carbocycles. The molecular weight excluding hydrogens is 1090 g/mol. The molecule has 0 aliphatic heterocycles. The van der Waals surface area contributed by atoms with Gasteiger partial charge in [-0.15, -0.1) is 35.0 Å². The predicted molar refractivity (Wildman–Crippen MR) is 241 cm³/mol. The molecule has 0 saturated heterocycles. The fourth-order valence-corrected chi connectivity index (χ4v) is 10.4. The Morgan fingerprint density at radius 1 is 0.653 bits per heavy atom. The van der Waals surface area contributed by atoms with Crippen LogP contribution in [0.5, 0.6) is 11.5 Å². The van der Waals surface area contributed by atoms with Crippen LogP contribution in [0.25, 0.3) is 21.5 Å². The first kappa shape index (κ1) is 54.0. The number of azo groups is 3. The molecule has 380 valence electrons. The van der Waals surface area contributed by atoms with Gasteiger partial charge in [-0.2, -0.15) is 33.7 Å². The molecule has 6 aromatic rings. The summed E-state index contributed by atoms with van der Waals surface area (Å²) in [6, 6.07) is 7.33. The molecule has 0 bridgehead atoms. The molecule has 0 aliphatic rings. The summed E-state index contributed by atoms with van der Waals surface area (Å²) in [6.45, 7) is 0. The van der Waals surface area contributed by atoms with E-state index < -0.39 is 175 Å². The number of carboxylic acid groups (broad SMARTS) is 1. The standard InChI is InChI=1S/C34H25N9O23S6/c1-36-68(51,52)14-3-6-19(17(9-14)34(46)47)37-42-30-26(71(59,60)61)11-16-15(31(30)44)4-7-21(33(16)72(62,63)64)39-40-22-12-24(69(53,54)55)18-10-23(67-66-65-50)29(32(45)27(18)28(22)35)41-38-20-5-2-13(43(48)49)8-25(20)70(56,57)58/h2-12,36,44-45,50H,35H2,1H3,(H,46,47)(H,53,54,55)(H,56,57,58)(H,59,60,61)(H,62,63,64). The third kappa shape index (κ3) is 10.9. The van der Waals surface area contributed by atoms with Gasteiger partial charge < -0.3 is 21.1 Å². The number of phenols is 2. The fraction of sp³-hybridized carbons (Fsp3) is 0.0294. The minimum Gasteiger partial charge on any atom is -0.505 e. The van der Waals surface area contributed by atoms with Gasteiger partial charge in [-0.1, -0.05) is 5.04 Å². The number of anilines is 1. The van der Waals surface area contributed by atoms with Crippen molar-refractivity contribution in [2.24, 2.45) is 30.7 Å². The zero-order chi connectivity index (χ0) is 53.6. The Kier molecular flexibility index (Phi) is 14.8. The van der Waals surface area contributed by atoms with Crippen molar-refractivity contribution < 1.29 is 100.0 Å². The van der Waals surface area contributed by atoms with Gasteiger partial charge in [-0.3, -0.25) is 28.3 Å². The molecule has 38 heteroatoms. The summed E-state index contributed by atoms with van der Waals surface area (Å²) < 4.78 is 172. The Labute approximate surface area is 405 Å². The first-order valence-corrected chi connectivity index (χ1v) is 26.1. The first-order chi connectivity index (χ1) is 33.3. The van der Waals surface area contributed by atoms with Crippen molar-refractivity contribution in [2.75, 3.05) is 12.8 Å². The first-order valence-electron chi connectivity index (χ1n) is 18.2. The van der Waals surface area contributed by atoms with Crippen molar-refractivity contribution >= 4 is 136 Å². The minimum atomic E-state index is -5.67. The smallest absolute Gasteiger partial charge is 0.338 e. The maximum absolute atomic E-state index is 13.0. The molecule has 6 aromatic carbocycles. The van der Waals surface area contributed by atoms with E-state index in [4.69, 9.17) is 11.0 Å². The van der Waals surface area contributed by atoms with Crippen LogP contribution in [0.1, 0.15) is 10.4 Å². The maximum atomic E-state index is 13.0. The Morgan fingerprint density at radius 3 is 1.79 bits per heavy atom. The second-order valence-corrected chi connectivity index (χ2v) is 21.9. The number of hydrogen-bond donors (Lipinski definition) is 10. The summed E-state index contributed by atoms with van der Waals surface area (Å²) in [6.07, 6.45) is 0. The number of rotatable bonds is 17. The zero-order valence-corrected chi connectivity index (χ0v) is 39.6. The van der Waals surface area contributed by atoms with Gasteiger partial charge >= 0.3 is 5.97 Å². The van der Waals surface area contributed by atoms with Crippen molar-refractivity contribution in [3.05, 3.63) is 82.4 Å². The van der Waals surface area contributed by atoms with Crippen LogP contribution in [0.15, 0.2) is 127 Å². The molecule has 0 fully saturated rings. The van der Waals surface area contributed by atoms with E-state index in [1.54, 1.807) is 0 Å². The highest BCUT2D eigenvalue weighted by Crippen LogP contribution is 2.51. The van der Waals surface area contributed by atoms with Crippen molar-refractivity contribution in [3.8, 4) is 11.5 Å². The molecule has 0 radical (unpaired) electrons. The second-order valence-electron chi connectivity index (χ2n) is 13.7. The molecule has 0 spiro atoms. The van der Waals surface area contributed by atoms with Gasteiger partial charge in [0.25, 0.3) is 46.2 Å². The maximum Gasteiger partial charge on any atom is 0.338 e. The molecule has 0 unspecified atom stereocenters. The number of nitrogens with two attached hydrogens (primary N) is 1. The van der Waals surface area contributed by atoms with E-state index in [9.17, 15) is 90.5 Å². The van der Waals surface area contributed by atoms with Crippen LogP contribution in [0, 0.1) is 10.1 Å². The average Bonchev–Trinajstić information content (AvgIpc) is 3.28. The SMILES string of the molecule is CNS(=O)(=O)c1ccc(N=Nc2c(S(=O)(=O)O)cc3c(S(=O)(=O)O)c(N=Nc4cc(S(=O)(=O)O)c5cc(SOOO)c(N=Nc6ccc([N+](=O)[O-])cc6S(=O)(=O)O)c(O)c5c4N)ccc3c2O)c(C(=O)O)c1. The van der Waals surface area contributed by atoms with Crippen LogP contribution >= 0.6 is 12.0 Å².